The summed E-state index contributed by atoms with van der Waals surface area (Å²) in [6.45, 7) is 2.33. The van der Waals surface area contributed by atoms with Crippen LogP contribution in [-0.2, 0) is 11.8 Å². The number of aryl methyl sites for hydroxylation is 1. The first kappa shape index (κ1) is 15.8. The van der Waals surface area contributed by atoms with E-state index in [1.165, 1.54) is 10.6 Å². The number of nitrogens with zero attached hydrogens (tertiary/aromatic N) is 1. The van der Waals surface area contributed by atoms with Crippen molar-refractivity contribution in [3.05, 3.63) is 23.5 Å². The van der Waals surface area contributed by atoms with Crippen LogP contribution in [0.2, 0.25) is 0 Å². The molecule has 1 saturated heterocycles. The molecule has 0 N–H and O–H groups in total. The Labute approximate surface area is 131 Å². The van der Waals surface area contributed by atoms with Gasteiger partial charge < -0.3 is 9.30 Å². The van der Waals surface area contributed by atoms with Gasteiger partial charge in [-0.2, -0.15) is 0 Å². The molecule has 2 atom stereocenters. The zero-order valence-corrected chi connectivity index (χ0v) is 13.3. The fourth-order valence-corrected chi connectivity index (χ4v) is 2.60. The summed E-state index contributed by atoms with van der Waals surface area (Å²) in [5.41, 5.74) is 0.633. The van der Waals surface area contributed by atoms with E-state index in [1.807, 2.05) is 6.92 Å². The van der Waals surface area contributed by atoms with Crippen LogP contribution in [0.1, 0.15) is 34.2 Å². The van der Waals surface area contributed by atoms with Gasteiger partial charge in [-0.05, 0) is 19.4 Å². The molecule has 1 aliphatic rings. The molecule has 0 aliphatic carbocycles. The highest BCUT2D eigenvalue weighted by molar-refractivity contribution is 6.77. The average Bonchev–Trinajstić information content (AvgIpc) is 2.92. The van der Waals surface area contributed by atoms with Crippen molar-refractivity contribution in [1.82, 2.24) is 4.57 Å². The van der Waals surface area contributed by atoms with E-state index in [1.54, 1.807) is 13.2 Å². The number of carbonyl (C=O) groups is 2. The molecule has 4 nitrogen and oxygen atoms in total. The topological polar surface area (TPSA) is 48.3 Å². The maximum Gasteiger partial charge on any atom is 0.255 e. The van der Waals surface area contributed by atoms with Crippen LogP contribution in [0.15, 0.2) is 12.3 Å². The highest BCUT2D eigenvalue weighted by atomic mass is 35.6. The van der Waals surface area contributed by atoms with Crippen molar-refractivity contribution in [2.24, 2.45) is 13.0 Å². The molecule has 0 bridgehead atoms. The second kappa shape index (κ2) is 5.68. The predicted octanol–water partition coefficient (Wildman–Crippen LogP) is 3.19. The first-order chi connectivity index (χ1) is 9.20. The lowest BCUT2D eigenvalue weighted by molar-refractivity contribution is 0.0877. The Bertz CT molecular complexity index is 548. The predicted molar refractivity (Wildman–Crippen MR) is 77.9 cm³/mol. The van der Waals surface area contributed by atoms with Gasteiger partial charge >= 0.3 is 0 Å². The Hall–Kier alpha value is -0.550. The first-order valence-corrected chi connectivity index (χ1v) is 7.27. The summed E-state index contributed by atoms with van der Waals surface area (Å²) in [4.78, 5) is 24.3. The summed E-state index contributed by atoms with van der Waals surface area (Å²) in [5, 5.41) is 0. The minimum atomic E-state index is -2.03. The third-order valence-electron chi connectivity index (χ3n) is 3.35. The summed E-state index contributed by atoms with van der Waals surface area (Å²) < 4.78 is 4.86. The highest BCUT2D eigenvalue weighted by Crippen LogP contribution is 2.31. The molecule has 0 aromatic carbocycles. The molecular formula is C13H14Cl3NO3. The Morgan fingerprint density at radius 1 is 1.40 bits per heavy atom. The van der Waals surface area contributed by atoms with Crippen LogP contribution in [0.3, 0.4) is 0 Å². The minimum Gasteiger partial charge on any atom is -0.378 e. The zero-order valence-electron chi connectivity index (χ0n) is 11.0. The van der Waals surface area contributed by atoms with Gasteiger partial charge in [-0.15, -0.1) is 0 Å². The van der Waals surface area contributed by atoms with Crippen molar-refractivity contribution in [2.45, 2.75) is 23.2 Å². The van der Waals surface area contributed by atoms with Crippen molar-refractivity contribution in [3.8, 4) is 0 Å². The number of ketones is 2. The zero-order chi connectivity index (χ0) is 15.1. The summed E-state index contributed by atoms with van der Waals surface area (Å²) >= 11 is 16.8. The van der Waals surface area contributed by atoms with E-state index in [4.69, 9.17) is 39.5 Å². The van der Waals surface area contributed by atoms with E-state index in [2.05, 4.69) is 0 Å². The Morgan fingerprint density at radius 3 is 2.55 bits per heavy atom. The van der Waals surface area contributed by atoms with Gasteiger partial charge in [-0.3, -0.25) is 9.59 Å². The summed E-state index contributed by atoms with van der Waals surface area (Å²) in [6.07, 6.45) is 2.34. The monoisotopic (exact) mass is 337 g/mol. The molecule has 2 unspecified atom stereocenters. The van der Waals surface area contributed by atoms with Gasteiger partial charge in [0.25, 0.3) is 3.79 Å². The Morgan fingerprint density at radius 2 is 2.05 bits per heavy atom. The number of hydrogen-bond acceptors (Lipinski definition) is 3. The number of alkyl halides is 3. The van der Waals surface area contributed by atoms with Crippen LogP contribution in [-0.4, -0.2) is 32.6 Å². The number of hydrogen-bond donors (Lipinski definition) is 0. The van der Waals surface area contributed by atoms with Crippen LogP contribution < -0.4 is 0 Å². The Kier molecular flexibility index (Phi) is 4.50. The first-order valence-electron chi connectivity index (χ1n) is 6.14. The van der Waals surface area contributed by atoms with Gasteiger partial charge in [0.1, 0.15) is 0 Å². The molecule has 0 saturated carbocycles. The third-order valence-corrected chi connectivity index (χ3v) is 3.86. The SMILES string of the molecule is CC1CC(C(=O)c2cc(C(=O)C(Cl)(Cl)Cl)n(C)c2)CO1. The fraction of sp³-hybridized carbons (Fsp3) is 0.538. The van der Waals surface area contributed by atoms with Crippen molar-refractivity contribution >= 4 is 46.4 Å². The molecule has 0 amide bonds. The van der Waals surface area contributed by atoms with Gasteiger partial charge in [0.2, 0.25) is 5.78 Å². The van der Waals surface area contributed by atoms with Gasteiger partial charge in [0, 0.05) is 24.7 Å². The molecule has 110 valence electrons. The summed E-state index contributed by atoms with van der Waals surface area (Å²) in [6, 6.07) is 1.47. The van der Waals surface area contributed by atoms with Crippen molar-refractivity contribution in [2.75, 3.05) is 6.61 Å². The molecular weight excluding hydrogens is 325 g/mol. The van der Waals surface area contributed by atoms with Crippen molar-refractivity contribution in [1.29, 1.82) is 0 Å². The molecule has 1 aromatic heterocycles. The van der Waals surface area contributed by atoms with Crippen molar-refractivity contribution in [3.63, 3.8) is 0 Å². The van der Waals surface area contributed by atoms with E-state index in [0.717, 1.165) is 0 Å². The van der Waals surface area contributed by atoms with Crippen LogP contribution in [0.25, 0.3) is 0 Å². The largest absolute Gasteiger partial charge is 0.378 e. The number of aromatic nitrogens is 1. The number of carbonyl (C=O) groups excluding carboxylic acids is 2. The minimum absolute atomic E-state index is 0.0479. The van der Waals surface area contributed by atoms with Crippen LogP contribution >= 0.6 is 34.8 Å². The van der Waals surface area contributed by atoms with Gasteiger partial charge in [-0.25, -0.2) is 0 Å². The number of halogens is 3. The third kappa shape index (κ3) is 3.19. The molecule has 2 rings (SSSR count). The van der Waals surface area contributed by atoms with Gasteiger partial charge in [0.15, 0.2) is 5.78 Å². The molecule has 2 heterocycles. The van der Waals surface area contributed by atoms with Crippen LogP contribution in [0.5, 0.6) is 0 Å². The molecule has 7 heteroatoms. The second-order valence-corrected chi connectivity index (χ2v) is 7.27. The lowest BCUT2D eigenvalue weighted by Gasteiger charge is -2.09. The molecule has 1 aliphatic heterocycles. The van der Waals surface area contributed by atoms with Crippen LogP contribution in [0, 0.1) is 5.92 Å². The molecule has 1 fully saturated rings. The lowest BCUT2D eigenvalue weighted by atomic mass is 9.97. The Balaban J connectivity index is 2.23. The van der Waals surface area contributed by atoms with Crippen LogP contribution in [0.4, 0.5) is 0 Å². The van der Waals surface area contributed by atoms with Gasteiger partial charge in [0.05, 0.1) is 18.4 Å². The summed E-state index contributed by atoms with van der Waals surface area (Å²) in [7, 11) is 1.63. The molecule has 20 heavy (non-hydrogen) atoms. The highest BCUT2D eigenvalue weighted by Gasteiger charge is 2.35. The maximum atomic E-state index is 12.3. The summed E-state index contributed by atoms with van der Waals surface area (Å²) in [5.74, 6) is -0.878. The average molecular weight is 339 g/mol. The van der Waals surface area contributed by atoms with Crippen molar-refractivity contribution < 1.29 is 14.3 Å². The molecule has 0 radical (unpaired) electrons. The van der Waals surface area contributed by atoms with E-state index in [9.17, 15) is 9.59 Å². The lowest BCUT2D eigenvalue weighted by Crippen LogP contribution is -2.21. The smallest absolute Gasteiger partial charge is 0.255 e. The quantitative estimate of drug-likeness (QED) is 0.628. The fourth-order valence-electron chi connectivity index (χ4n) is 2.31. The number of rotatable bonds is 3. The normalized spacial score (nSPS) is 23.1. The molecule has 1 aromatic rings. The number of ether oxygens (including phenoxy) is 1. The standard InChI is InChI=1S/C13H14Cl3NO3/c1-7-3-9(6-20-7)11(18)8-4-10(17(2)5-8)12(19)13(14,15)16/h4-5,7,9H,3,6H2,1-2H3. The maximum absolute atomic E-state index is 12.3. The van der Waals surface area contributed by atoms with E-state index >= 15 is 0 Å². The number of Topliss-reactive ketones (excluding diaryl/α,β-unsaturated/α-hetero) is 2. The second-order valence-electron chi connectivity index (χ2n) is 4.99. The van der Waals surface area contributed by atoms with E-state index < -0.39 is 9.58 Å². The van der Waals surface area contributed by atoms with E-state index in [0.29, 0.717) is 18.6 Å². The van der Waals surface area contributed by atoms with Gasteiger partial charge in [-0.1, -0.05) is 34.8 Å². The van der Waals surface area contributed by atoms with E-state index in [-0.39, 0.29) is 23.5 Å². The molecule has 0 spiro atoms.